The summed E-state index contributed by atoms with van der Waals surface area (Å²) in [5.74, 6) is 2.13. The van der Waals surface area contributed by atoms with Crippen molar-refractivity contribution in [2.45, 2.75) is 32.9 Å². The van der Waals surface area contributed by atoms with Crippen molar-refractivity contribution in [3.8, 4) is 23.1 Å². The zero-order valence-corrected chi connectivity index (χ0v) is 19.5. The number of hydrogen-bond acceptors (Lipinski definition) is 6. The van der Waals surface area contributed by atoms with Gasteiger partial charge in [-0.2, -0.15) is 0 Å². The molecular formula is C26H29N3O5. The van der Waals surface area contributed by atoms with Crippen LogP contribution in [0, 0.1) is 0 Å². The maximum absolute atomic E-state index is 12.6. The number of methoxy groups -OCH3 is 1. The summed E-state index contributed by atoms with van der Waals surface area (Å²) in [6, 6.07) is 17.7. The van der Waals surface area contributed by atoms with E-state index in [1.807, 2.05) is 43.3 Å². The van der Waals surface area contributed by atoms with Gasteiger partial charge in [0.15, 0.2) is 0 Å². The summed E-state index contributed by atoms with van der Waals surface area (Å²) < 4.78 is 16.4. The first-order chi connectivity index (χ1) is 16.5. The molecule has 0 spiro atoms. The smallest absolute Gasteiger partial charge is 0.222 e. The lowest BCUT2D eigenvalue weighted by molar-refractivity contribution is -0.122. The van der Waals surface area contributed by atoms with Gasteiger partial charge in [-0.05, 0) is 60.5 Å². The number of nitrogens with one attached hydrogen (secondary N) is 2. The quantitative estimate of drug-likeness (QED) is 0.443. The summed E-state index contributed by atoms with van der Waals surface area (Å²) in [6.07, 6.45) is 1.73. The average molecular weight is 464 g/mol. The molecule has 0 aliphatic rings. The van der Waals surface area contributed by atoms with E-state index in [1.54, 1.807) is 37.6 Å². The molecule has 0 aliphatic heterocycles. The van der Waals surface area contributed by atoms with Crippen LogP contribution in [-0.4, -0.2) is 30.5 Å². The van der Waals surface area contributed by atoms with E-state index >= 15 is 0 Å². The minimum absolute atomic E-state index is 0.104. The third kappa shape index (κ3) is 7.51. The van der Waals surface area contributed by atoms with Crippen LogP contribution in [0.5, 0.6) is 23.1 Å². The van der Waals surface area contributed by atoms with Crippen LogP contribution in [0.3, 0.4) is 0 Å². The molecule has 1 atom stereocenters. The molecule has 0 bridgehead atoms. The lowest BCUT2D eigenvalue weighted by Gasteiger charge is -2.18. The Bertz CT molecular complexity index is 1080. The van der Waals surface area contributed by atoms with Crippen molar-refractivity contribution < 1.29 is 23.8 Å². The molecular weight excluding hydrogens is 434 g/mol. The first kappa shape index (κ1) is 24.6. The van der Waals surface area contributed by atoms with Gasteiger partial charge in [-0.15, -0.1) is 0 Å². The fourth-order valence-electron chi connectivity index (χ4n) is 3.30. The van der Waals surface area contributed by atoms with Gasteiger partial charge in [0.05, 0.1) is 26.2 Å². The molecule has 3 rings (SSSR count). The standard InChI is InChI=1S/C26H29N3O5/c1-4-33-22-9-11-23(12-10-22)34-26-15-19(13-14-27-26)17-28-25(31)16-24(29-18(2)30)20-5-7-21(32-3)8-6-20/h5-15,24H,4,16-17H2,1-3H3,(H,28,31)(H,29,30). The largest absolute Gasteiger partial charge is 0.497 e. The van der Waals surface area contributed by atoms with Crippen molar-refractivity contribution in [2.24, 2.45) is 0 Å². The van der Waals surface area contributed by atoms with Crippen molar-refractivity contribution in [3.63, 3.8) is 0 Å². The molecule has 178 valence electrons. The number of benzene rings is 2. The van der Waals surface area contributed by atoms with Crippen molar-refractivity contribution >= 4 is 11.8 Å². The van der Waals surface area contributed by atoms with Crippen LogP contribution >= 0.6 is 0 Å². The van der Waals surface area contributed by atoms with Gasteiger partial charge in [-0.1, -0.05) is 12.1 Å². The van der Waals surface area contributed by atoms with Crippen LogP contribution in [0.1, 0.15) is 37.4 Å². The number of pyridine rings is 1. The van der Waals surface area contributed by atoms with Crippen molar-refractivity contribution in [3.05, 3.63) is 78.0 Å². The Labute approximate surface area is 199 Å². The van der Waals surface area contributed by atoms with E-state index in [0.29, 0.717) is 30.5 Å². The topological polar surface area (TPSA) is 98.8 Å². The fraction of sp³-hybridized carbons (Fsp3) is 0.269. The zero-order valence-electron chi connectivity index (χ0n) is 19.5. The molecule has 0 saturated carbocycles. The minimum atomic E-state index is -0.445. The highest BCUT2D eigenvalue weighted by molar-refractivity contribution is 5.79. The molecule has 3 aromatic rings. The van der Waals surface area contributed by atoms with E-state index in [1.165, 1.54) is 6.92 Å². The molecule has 0 saturated heterocycles. The normalized spacial score (nSPS) is 11.3. The van der Waals surface area contributed by atoms with Crippen LogP contribution in [0.4, 0.5) is 0 Å². The number of amides is 2. The van der Waals surface area contributed by atoms with Crippen molar-refractivity contribution in [1.29, 1.82) is 0 Å². The Balaban J connectivity index is 1.58. The SMILES string of the molecule is CCOc1ccc(Oc2cc(CNC(=O)CC(NC(C)=O)c3ccc(OC)cc3)ccn2)cc1. The van der Waals surface area contributed by atoms with Crippen LogP contribution in [0.15, 0.2) is 66.9 Å². The zero-order chi connectivity index (χ0) is 24.3. The summed E-state index contributed by atoms with van der Waals surface area (Å²) in [6.45, 7) is 4.26. The van der Waals surface area contributed by atoms with Gasteiger partial charge in [-0.3, -0.25) is 9.59 Å². The van der Waals surface area contributed by atoms with E-state index in [2.05, 4.69) is 15.6 Å². The second kappa shape index (κ2) is 12.2. The third-order valence-corrected chi connectivity index (χ3v) is 4.93. The Morgan fingerprint density at radius 1 is 0.971 bits per heavy atom. The Hall–Kier alpha value is -4.07. The minimum Gasteiger partial charge on any atom is -0.497 e. The maximum atomic E-state index is 12.6. The van der Waals surface area contributed by atoms with E-state index in [0.717, 1.165) is 16.9 Å². The summed E-state index contributed by atoms with van der Waals surface area (Å²) in [5, 5.41) is 5.72. The first-order valence-electron chi connectivity index (χ1n) is 11.0. The van der Waals surface area contributed by atoms with E-state index in [4.69, 9.17) is 14.2 Å². The molecule has 0 aliphatic carbocycles. The van der Waals surface area contributed by atoms with Gasteiger partial charge in [0.2, 0.25) is 17.7 Å². The summed E-state index contributed by atoms with van der Waals surface area (Å²) in [5.41, 5.74) is 1.66. The highest BCUT2D eigenvalue weighted by Gasteiger charge is 2.17. The van der Waals surface area contributed by atoms with Crippen LogP contribution in [0.2, 0.25) is 0 Å². The Morgan fingerprint density at radius 3 is 2.29 bits per heavy atom. The molecule has 1 aromatic heterocycles. The number of aromatic nitrogens is 1. The highest BCUT2D eigenvalue weighted by atomic mass is 16.5. The fourth-order valence-corrected chi connectivity index (χ4v) is 3.30. The summed E-state index contributed by atoms with van der Waals surface area (Å²) in [7, 11) is 1.58. The van der Waals surface area contributed by atoms with E-state index in [9.17, 15) is 9.59 Å². The molecule has 0 radical (unpaired) electrons. The Kier molecular flexibility index (Phi) is 8.85. The first-order valence-corrected chi connectivity index (χ1v) is 11.0. The highest BCUT2D eigenvalue weighted by Crippen LogP contribution is 2.23. The van der Waals surface area contributed by atoms with E-state index < -0.39 is 6.04 Å². The number of nitrogens with zero attached hydrogens (tertiary/aromatic N) is 1. The van der Waals surface area contributed by atoms with Gasteiger partial charge in [-0.25, -0.2) is 4.98 Å². The summed E-state index contributed by atoms with van der Waals surface area (Å²) >= 11 is 0. The predicted octanol–water partition coefficient (Wildman–Crippen LogP) is 4.16. The van der Waals surface area contributed by atoms with Crippen molar-refractivity contribution in [2.75, 3.05) is 13.7 Å². The second-order valence-electron chi connectivity index (χ2n) is 7.52. The Morgan fingerprint density at radius 2 is 1.65 bits per heavy atom. The van der Waals surface area contributed by atoms with Gasteiger partial charge in [0.25, 0.3) is 0 Å². The number of ether oxygens (including phenoxy) is 3. The van der Waals surface area contributed by atoms with Gasteiger partial charge in [0.1, 0.15) is 17.2 Å². The second-order valence-corrected chi connectivity index (χ2v) is 7.52. The lowest BCUT2D eigenvalue weighted by atomic mass is 10.0. The molecule has 2 N–H and O–H groups in total. The summed E-state index contributed by atoms with van der Waals surface area (Å²) in [4.78, 5) is 28.5. The third-order valence-electron chi connectivity index (χ3n) is 4.93. The molecule has 2 amide bonds. The molecule has 8 heteroatoms. The van der Waals surface area contributed by atoms with Gasteiger partial charge >= 0.3 is 0 Å². The molecule has 8 nitrogen and oxygen atoms in total. The van der Waals surface area contributed by atoms with Gasteiger partial charge in [0, 0.05) is 25.7 Å². The molecule has 2 aromatic carbocycles. The molecule has 1 heterocycles. The number of rotatable bonds is 11. The lowest BCUT2D eigenvalue weighted by Crippen LogP contribution is -2.32. The average Bonchev–Trinajstić information content (AvgIpc) is 2.84. The van der Waals surface area contributed by atoms with Crippen molar-refractivity contribution in [1.82, 2.24) is 15.6 Å². The number of hydrogen-bond donors (Lipinski definition) is 2. The van der Waals surface area contributed by atoms with Gasteiger partial charge < -0.3 is 24.8 Å². The van der Waals surface area contributed by atoms with Crippen LogP contribution in [0.25, 0.3) is 0 Å². The molecule has 1 unspecified atom stereocenters. The number of carbonyl (C=O) groups excluding carboxylic acids is 2. The molecule has 0 fully saturated rings. The maximum Gasteiger partial charge on any atom is 0.222 e. The van der Waals surface area contributed by atoms with Crippen LogP contribution in [-0.2, 0) is 16.1 Å². The van der Waals surface area contributed by atoms with E-state index in [-0.39, 0.29) is 18.2 Å². The molecule has 34 heavy (non-hydrogen) atoms. The predicted molar refractivity (Wildman–Crippen MR) is 128 cm³/mol. The monoisotopic (exact) mass is 463 g/mol. The number of carbonyl (C=O) groups is 2. The van der Waals surface area contributed by atoms with Crippen LogP contribution < -0.4 is 24.8 Å².